The number of hydrogen-bond acceptors (Lipinski definition) is 8. The average Bonchev–Trinajstić information content (AvgIpc) is 2.69. The van der Waals surface area contributed by atoms with Crippen molar-refractivity contribution in [1.82, 2.24) is 4.90 Å². The monoisotopic (exact) mass is 455 g/mol. The van der Waals surface area contributed by atoms with E-state index in [-0.39, 0.29) is 24.2 Å². The van der Waals surface area contributed by atoms with Gasteiger partial charge in [0.2, 0.25) is 5.79 Å². The van der Waals surface area contributed by atoms with Crippen LogP contribution in [0, 0.1) is 5.92 Å². The van der Waals surface area contributed by atoms with Crippen molar-refractivity contribution in [2.75, 3.05) is 28.3 Å². The highest BCUT2D eigenvalue weighted by molar-refractivity contribution is 5.83. The van der Waals surface area contributed by atoms with Gasteiger partial charge in [0.1, 0.15) is 11.9 Å². The van der Waals surface area contributed by atoms with Crippen molar-refractivity contribution in [3.8, 4) is 0 Å². The molecule has 0 spiro atoms. The molecule has 2 aliphatic heterocycles. The van der Waals surface area contributed by atoms with Crippen molar-refractivity contribution in [3.63, 3.8) is 0 Å². The van der Waals surface area contributed by atoms with Crippen LogP contribution in [0.15, 0.2) is 24.5 Å². The van der Waals surface area contributed by atoms with Gasteiger partial charge < -0.3 is 33.3 Å². The second kappa shape index (κ2) is 10.7. The molecule has 8 heteroatoms. The summed E-state index contributed by atoms with van der Waals surface area (Å²) in [5.41, 5.74) is -0.757. The molecule has 8 nitrogen and oxygen atoms in total. The Bertz CT molecular complexity index is 692. The van der Waals surface area contributed by atoms with Crippen LogP contribution in [-0.2, 0) is 33.2 Å². The fourth-order valence-electron chi connectivity index (χ4n) is 4.53. The number of carbonyl (C=O) groups is 1. The molecule has 0 bridgehead atoms. The Morgan fingerprint density at radius 3 is 2.50 bits per heavy atom. The van der Waals surface area contributed by atoms with Crippen LogP contribution in [0.4, 0.5) is 0 Å². The van der Waals surface area contributed by atoms with Crippen molar-refractivity contribution >= 4 is 5.97 Å². The molecule has 1 saturated heterocycles. The van der Waals surface area contributed by atoms with E-state index < -0.39 is 29.8 Å². The van der Waals surface area contributed by atoms with Crippen molar-refractivity contribution in [2.24, 2.45) is 5.92 Å². The van der Waals surface area contributed by atoms with E-state index in [1.165, 1.54) is 6.08 Å². The van der Waals surface area contributed by atoms with E-state index in [1.54, 1.807) is 34.1 Å². The standard InChI is InChI=1S/C24H41NO7/c1-11-12-24(6,28-10)21(16(3)18-14-19(26)32-23(4,5)31-18)30-22-20(27-9)17(25(7)8)13-15(2)29-22/h11,14-17,20-22H,1,12-13H2,2-10H3/t15-,16-,17?,20?,21-,22+,24-/m1/s1. The quantitative estimate of drug-likeness (QED) is 0.367. The first kappa shape index (κ1) is 26.8. The van der Waals surface area contributed by atoms with Gasteiger partial charge in [0.15, 0.2) is 6.29 Å². The lowest BCUT2D eigenvalue weighted by Crippen LogP contribution is -2.58. The topological polar surface area (TPSA) is 75.7 Å². The van der Waals surface area contributed by atoms with E-state index in [9.17, 15) is 4.79 Å². The van der Waals surface area contributed by atoms with E-state index >= 15 is 0 Å². The number of hydrogen-bond donors (Lipinski definition) is 0. The molecule has 0 saturated carbocycles. The lowest BCUT2D eigenvalue weighted by atomic mass is 9.84. The van der Waals surface area contributed by atoms with Crippen molar-refractivity contribution < 1.29 is 33.2 Å². The molecule has 2 rings (SSSR count). The molecule has 2 heterocycles. The number of likely N-dealkylation sites (N-methyl/N-ethyl adjacent to an activating group) is 1. The summed E-state index contributed by atoms with van der Waals surface area (Å²) < 4.78 is 35.9. The molecular weight excluding hydrogens is 414 g/mol. The van der Waals surface area contributed by atoms with E-state index in [4.69, 9.17) is 28.4 Å². The number of rotatable bonds is 10. The predicted molar refractivity (Wildman–Crippen MR) is 121 cm³/mol. The van der Waals surface area contributed by atoms with Crippen LogP contribution in [-0.4, -0.2) is 81.2 Å². The number of ether oxygens (including phenoxy) is 6. The van der Waals surface area contributed by atoms with Gasteiger partial charge >= 0.3 is 5.97 Å². The molecule has 0 aliphatic carbocycles. The highest BCUT2D eigenvalue weighted by Crippen LogP contribution is 2.38. The smallest absolute Gasteiger partial charge is 0.337 e. The summed E-state index contributed by atoms with van der Waals surface area (Å²) >= 11 is 0. The number of cyclic esters (lactones) is 1. The summed E-state index contributed by atoms with van der Waals surface area (Å²) in [6, 6.07) is 0.122. The predicted octanol–water partition coefficient (Wildman–Crippen LogP) is 3.26. The third-order valence-corrected chi connectivity index (χ3v) is 6.29. The molecule has 0 aromatic carbocycles. The molecule has 184 valence electrons. The number of carbonyl (C=O) groups excluding carboxylic acids is 1. The van der Waals surface area contributed by atoms with Gasteiger partial charge in [-0.1, -0.05) is 13.0 Å². The molecule has 0 aromatic heterocycles. The Kier molecular flexibility index (Phi) is 8.92. The van der Waals surface area contributed by atoms with Gasteiger partial charge in [0.05, 0.1) is 23.9 Å². The minimum absolute atomic E-state index is 0.0120. The second-order valence-corrected chi connectivity index (χ2v) is 9.61. The van der Waals surface area contributed by atoms with Crippen LogP contribution in [0.1, 0.15) is 47.5 Å². The molecule has 1 fully saturated rings. The summed E-state index contributed by atoms with van der Waals surface area (Å²) in [7, 11) is 7.36. The average molecular weight is 456 g/mol. The maximum absolute atomic E-state index is 12.2. The second-order valence-electron chi connectivity index (χ2n) is 9.61. The van der Waals surface area contributed by atoms with E-state index in [0.717, 1.165) is 6.42 Å². The zero-order chi connectivity index (χ0) is 24.3. The highest BCUT2D eigenvalue weighted by Gasteiger charge is 2.48. The first-order valence-electron chi connectivity index (χ1n) is 11.2. The molecule has 0 N–H and O–H groups in total. The van der Waals surface area contributed by atoms with E-state index in [2.05, 4.69) is 11.5 Å². The van der Waals surface area contributed by atoms with Gasteiger partial charge in [-0.2, -0.15) is 0 Å². The van der Waals surface area contributed by atoms with Gasteiger partial charge in [-0.3, -0.25) is 0 Å². The zero-order valence-electron chi connectivity index (χ0n) is 21.0. The van der Waals surface area contributed by atoms with Crippen molar-refractivity contribution in [1.29, 1.82) is 0 Å². The molecule has 2 aliphatic rings. The SMILES string of the molecule is C=CC[C@@](C)(OC)[C@H](O[C@@H]1O[C@H](C)CC(N(C)C)C1OC)[C@H](C)C1=CC(=O)OC(C)(C)O1. The number of esters is 1. The summed E-state index contributed by atoms with van der Waals surface area (Å²) in [5.74, 6) is -1.38. The number of methoxy groups -OCH3 is 2. The van der Waals surface area contributed by atoms with Gasteiger partial charge in [0, 0.05) is 40.0 Å². The normalized spacial score (nSPS) is 31.7. The molecule has 0 amide bonds. The molecule has 7 atom stereocenters. The first-order valence-corrected chi connectivity index (χ1v) is 11.2. The van der Waals surface area contributed by atoms with Crippen LogP contribution in [0.3, 0.4) is 0 Å². The minimum atomic E-state index is -1.07. The Morgan fingerprint density at radius 2 is 2.00 bits per heavy atom. The van der Waals surface area contributed by atoms with Gasteiger partial charge in [-0.15, -0.1) is 6.58 Å². The lowest BCUT2D eigenvalue weighted by molar-refractivity contribution is -0.300. The van der Waals surface area contributed by atoms with Crippen LogP contribution < -0.4 is 0 Å². The first-order chi connectivity index (χ1) is 14.9. The molecule has 2 unspecified atom stereocenters. The van der Waals surface area contributed by atoms with E-state index in [0.29, 0.717) is 12.2 Å². The largest absolute Gasteiger partial charge is 0.456 e. The summed E-state index contributed by atoms with van der Waals surface area (Å²) in [6.45, 7) is 13.2. The zero-order valence-corrected chi connectivity index (χ0v) is 21.0. The fourth-order valence-corrected chi connectivity index (χ4v) is 4.53. The van der Waals surface area contributed by atoms with Crippen LogP contribution in [0.5, 0.6) is 0 Å². The molecular formula is C24H41NO7. The van der Waals surface area contributed by atoms with Gasteiger partial charge in [-0.05, 0) is 40.8 Å². The summed E-state index contributed by atoms with van der Waals surface area (Å²) in [5, 5.41) is 0. The van der Waals surface area contributed by atoms with Gasteiger partial charge in [0.25, 0.3) is 0 Å². The Labute approximate surface area is 192 Å². The maximum atomic E-state index is 12.2. The third kappa shape index (κ3) is 6.11. The minimum Gasteiger partial charge on any atom is -0.456 e. The fraction of sp³-hybridized carbons (Fsp3) is 0.792. The number of nitrogens with zero attached hydrogens (tertiary/aromatic N) is 1. The Hall–Kier alpha value is -1.45. The van der Waals surface area contributed by atoms with Crippen LogP contribution in [0.2, 0.25) is 0 Å². The maximum Gasteiger partial charge on any atom is 0.337 e. The van der Waals surface area contributed by atoms with E-state index in [1.807, 2.05) is 34.9 Å². The summed E-state index contributed by atoms with van der Waals surface area (Å²) in [6.07, 6.45) is 3.04. The summed E-state index contributed by atoms with van der Waals surface area (Å²) in [4.78, 5) is 14.3. The molecule has 0 radical (unpaired) electrons. The lowest BCUT2D eigenvalue weighted by Gasteiger charge is -2.47. The van der Waals surface area contributed by atoms with Crippen molar-refractivity contribution in [3.05, 3.63) is 24.5 Å². The van der Waals surface area contributed by atoms with Gasteiger partial charge in [-0.25, -0.2) is 4.79 Å². The van der Waals surface area contributed by atoms with Crippen molar-refractivity contribution in [2.45, 2.75) is 89.5 Å². The third-order valence-electron chi connectivity index (χ3n) is 6.29. The molecule has 0 aromatic rings. The highest BCUT2D eigenvalue weighted by atomic mass is 16.7. The Morgan fingerprint density at radius 1 is 1.34 bits per heavy atom. The Balaban J connectivity index is 2.43. The van der Waals surface area contributed by atoms with Crippen LogP contribution >= 0.6 is 0 Å². The molecule has 32 heavy (non-hydrogen) atoms. The van der Waals surface area contributed by atoms with Crippen LogP contribution in [0.25, 0.3) is 0 Å².